The Hall–Kier alpha value is -2.57. The van der Waals surface area contributed by atoms with E-state index in [1.165, 1.54) is 0 Å². The third-order valence-corrected chi connectivity index (χ3v) is 5.02. The van der Waals surface area contributed by atoms with Gasteiger partial charge in [-0.15, -0.1) is 0 Å². The number of nitrogens with one attached hydrogen (secondary N) is 2. The van der Waals surface area contributed by atoms with Crippen molar-refractivity contribution in [1.29, 1.82) is 0 Å². The number of carbonyl (C=O) groups excluding carboxylic acids is 3. The molecule has 2 fully saturated rings. The zero-order valence-corrected chi connectivity index (χ0v) is 15.4. The molecule has 1 atom stereocenters. The molecule has 7 heteroatoms. The van der Waals surface area contributed by atoms with Crippen LogP contribution in [0.3, 0.4) is 0 Å². The van der Waals surface area contributed by atoms with Gasteiger partial charge >= 0.3 is 6.03 Å². The van der Waals surface area contributed by atoms with E-state index in [9.17, 15) is 14.4 Å². The van der Waals surface area contributed by atoms with E-state index in [4.69, 9.17) is 0 Å². The smallest absolute Gasteiger partial charge is 0.321 e. The average Bonchev–Trinajstić information content (AvgIpc) is 3.26. The lowest BCUT2D eigenvalue weighted by Crippen LogP contribution is -2.36. The molecule has 2 saturated heterocycles. The predicted molar refractivity (Wildman–Crippen MR) is 100 cm³/mol. The van der Waals surface area contributed by atoms with E-state index in [1.54, 1.807) is 9.80 Å². The van der Waals surface area contributed by atoms with E-state index >= 15 is 0 Å². The molecule has 2 N–H and O–H groups in total. The summed E-state index contributed by atoms with van der Waals surface area (Å²) in [5.41, 5.74) is 2.53. The fourth-order valence-corrected chi connectivity index (χ4v) is 3.56. The number of rotatable bonds is 4. The summed E-state index contributed by atoms with van der Waals surface area (Å²) in [6.45, 7) is 6.17. The number of anilines is 2. The minimum absolute atomic E-state index is 0.00738. The number of urea groups is 1. The lowest BCUT2D eigenvalue weighted by atomic mass is 10.1. The van der Waals surface area contributed by atoms with E-state index in [0.29, 0.717) is 38.2 Å². The molecular formula is C19H26N4O3. The molecule has 0 saturated carbocycles. The van der Waals surface area contributed by atoms with Gasteiger partial charge in [0, 0.05) is 44.0 Å². The Morgan fingerprint density at radius 1 is 1.27 bits per heavy atom. The Balaban J connectivity index is 1.65. The monoisotopic (exact) mass is 358 g/mol. The second-order valence-corrected chi connectivity index (χ2v) is 6.91. The number of hydrogen-bond acceptors (Lipinski definition) is 3. The SMILES string of the molecule is CCNC(=O)[C@@H]1CCN(C(=O)Nc2ccc(C)c(N3CCCC3=O)c2)C1. The molecule has 0 radical (unpaired) electrons. The van der Waals surface area contributed by atoms with Crippen molar-refractivity contribution in [3.8, 4) is 0 Å². The molecule has 0 spiro atoms. The predicted octanol–water partition coefficient (Wildman–Crippen LogP) is 2.11. The highest BCUT2D eigenvalue weighted by Gasteiger charge is 2.31. The van der Waals surface area contributed by atoms with Crippen LogP contribution in [0, 0.1) is 12.8 Å². The third kappa shape index (κ3) is 3.81. The summed E-state index contributed by atoms with van der Waals surface area (Å²) >= 11 is 0. The van der Waals surface area contributed by atoms with Crippen LogP contribution in [-0.4, -0.2) is 48.9 Å². The van der Waals surface area contributed by atoms with Gasteiger partial charge in [-0.1, -0.05) is 6.07 Å². The molecule has 7 nitrogen and oxygen atoms in total. The summed E-state index contributed by atoms with van der Waals surface area (Å²) in [6.07, 6.45) is 2.12. The Morgan fingerprint density at radius 3 is 2.77 bits per heavy atom. The minimum Gasteiger partial charge on any atom is -0.356 e. The van der Waals surface area contributed by atoms with Crippen molar-refractivity contribution in [3.63, 3.8) is 0 Å². The normalized spacial score (nSPS) is 19.8. The molecule has 2 heterocycles. The quantitative estimate of drug-likeness (QED) is 0.865. The highest BCUT2D eigenvalue weighted by Crippen LogP contribution is 2.28. The third-order valence-electron chi connectivity index (χ3n) is 5.02. The standard InChI is InChI=1S/C19H26N4O3/c1-3-20-18(25)14-8-10-22(12-14)19(26)21-15-7-6-13(2)16(11-15)23-9-4-5-17(23)24/h6-7,11,14H,3-5,8-10,12H2,1-2H3,(H,20,25)(H,21,26)/t14-/m1/s1. The van der Waals surface area contributed by atoms with Crippen LogP contribution in [0.15, 0.2) is 18.2 Å². The fraction of sp³-hybridized carbons (Fsp3) is 0.526. The first kappa shape index (κ1) is 18.2. The Bertz CT molecular complexity index is 719. The topological polar surface area (TPSA) is 81.8 Å². The highest BCUT2D eigenvalue weighted by molar-refractivity contribution is 5.97. The largest absolute Gasteiger partial charge is 0.356 e. The van der Waals surface area contributed by atoms with Gasteiger partial charge in [-0.3, -0.25) is 9.59 Å². The van der Waals surface area contributed by atoms with Crippen molar-refractivity contribution in [3.05, 3.63) is 23.8 Å². The molecule has 3 rings (SSSR count). The second kappa shape index (κ2) is 7.76. The van der Waals surface area contributed by atoms with Crippen molar-refractivity contribution in [2.75, 3.05) is 36.4 Å². The molecule has 0 aliphatic carbocycles. The highest BCUT2D eigenvalue weighted by atomic mass is 16.2. The van der Waals surface area contributed by atoms with Gasteiger partial charge in [0.05, 0.1) is 5.92 Å². The maximum atomic E-state index is 12.5. The van der Waals surface area contributed by atoms with Crippen LogP contribution in [0.25, 0.3) is 0 Å². The first-order chi connectivity index (χ1) is 12.5. The fourth-order valence-electron chi connectivity index (χ4n) is 3.56. The van der Waals surface area contributed by atoms with Gasteiger partial charge in [-0.25, -0.2) is 4.79 Å². The maximum absolute atomic E-state index is 12.5. The summed E-state index contributed by atoms with van der Waals surface area (Å²) in [6, 6.07) is 5.40. The van der Waals surface area contributed by atoms with Gasteiger partial charge in [0.2, 0.25) is 11.8 Å². The van der Waals surface area contributed by atoms with Crippen molar-refractivity contribution in [1.82, 2.24) is 10.2 Å². The number of aryl methyl sites for hydroxylation is 1. The van der Waals surface area contributed by atoms with Gasteiger partial charge in [0.1, 0.15) is 0 Å². The number of hydrogen-bond donors (Lipinski definition) is 2. The van der Waals surface area contributed by atoms with Gasteiger partial charge in [0.15, 0.2) is 0 Å². The molecule has 2 aliphatic rings. The Labute approximate surface area is 153 Å². The van der Waals surface area contributed by atoms with Crippen LogP contribution in [0.4, 0.5) is 16.2 Å². The number of likely N-dealkylation sites (tertiary alicyclic amines) is 1. The first-order valence-corrected chi connectivity index (χ1v) is 9.24. The van der Waals surface area contributed by atoms with E-state index < -0.39 is 0 Å². The molecule has 1 aromatic rings. The van der Waals surface area contributed by atoms with Gasteiger partial charge in [0.25, 0.3) is 0 Å². The van der Waals surface area contributed by atoms with E-state index in [-0.39, 0.29) is 23.8 Å². The average molecular weight is 358 g/mol. The lowest BCUT2D eigenvalue weighted by Gasteiger charge is -2.21. The zero-order valence-electron chi connectivity index (χ0n) is 15.4. The van der Waals surface area contributed by atoms with Crippen LogP contribution < -0.4 is 15.5 Å². The molecule has 2 aliphatic heterocycles. The van der Waals surface area contributed by atoms with E-state index in [0.717, 1.165) is 24.2 Å². The van der Waals surface area contributed by atoms with Crippen LogP contribution >= 0.6 is 0 Å². The number of carbonyl (C=O) groups is 3. The molecule has 0 unspecified atom stereocenters. The molecule has 140 valence electrons. The van der Waals surface area contributed by atoms with Gasteiger partial charge in [-0.2, -0.15) is 0 Å². The van der Waals surface area contributed by atoms with Crippen LogP contribution in [0.1, 0.15) is 31.7 Å². The van der Waals surface area contributed by atoms with Crippen LogP contribution in [0.2, 0.25) is 0 Å². The maximum Gasteiger partial charge on any atom is 0.321 e. The Kier molecular flexibility index (Phi) is 5.44. The molecule has 4 amide bonds. The molecule has 1 aromatic carbocycles. The first-order valence-electron chi connectivity index (χ1n) is 9.24. The number of benzene rings is 1. The zero-order chi connectivity index (χ0) is 18.7. The summed E-state index contributed by atoms with van der Waals surface area (Å²) in [5.74, 6) is -0.00892. The van der Waals surface area contributed by atoms with Crippen LogP contribution in [-0.2, 0) is 9.59 Å². The summed E-state index contributed by atoms with van der Waals surface area (Å²) in [5, 5.41) is 5.71. The molecule has 0 aromatic heterocycles. The van der Waals surface area contributed by atoms with Crippen LogP contribution in [0.5, 0.6) is 0 Å². The number of amides is 4. The van der Waals surface area contributed by atoms with E-state index in [2.05, 4.69) is 10.6 Å². The van der Waals surface area contributed by atoms with E-state index in [1.807, 2.05) is 32.0 Å². The van der Waals surface area contributed by atoms with Crippen molar-refractivity contribution >= 4 is 29.2 Å². The van der Waals surface area contributed by atoms with Crippen molar-refractivity contribution in [2.45, 2.75) is 33.1 Å². The molecule has 26 heavy (non-hydrogen) atoms. The molecule has 0 bridgehead atoms. The molecular weight excluding hydrogens is 332 g/mol. The van der Waals surface area contributed by atoms with Crippen molar-refractivity contribution in [2.24, 2.45) is 5.92 Å². The minimum atomic E-state index is -0.209. The lowest BCUT2D eigenvalue weighted by molar-refractivity contribution is -0.124. The summed E-state index contributed by atoms with van der Waals surface area (Å²) < 4.78 is 0. The van der Waals surface area contributed by atoms with Gasteiger partial charge < -0.3 is 20.4 Å². The number of nitrogens with zero attached hydrogens (tertiary/aromatic N) is 2. The summed E-state index contributed by atoms with van der Waals surface area (Å²) in [7, 11) is 0. The Morgan fingerprint density at radius 2 is 2.08 bits per heavy atom. The van der Waals surface area contributed by atoms with Gasteiger partial charge in [-0.05, 0) is 44.4 Å². The van der Waals surface area contributed by atoms with Crippen molar-refractivity contribution < 1.29 is 14.4 Å². The summed E-state index contributed by atoms with van der Waals surface area (Å²) in [4.78, 5) is 39.9. The second-order valence-electron chi connectivity index (χ2n) is 6.91.